The number of unbranched alkanes of at least 4 members (excludes halogenated alkanes) is 5. The molecule has 5 atom stereocenters. The molecule has 30 heavy (non-hydrogen) atoms. The summed E-state index contributed by atoms with van der Waals surface area (Å²) in [6, 6.07) is -1.06. The minimum Gasteiger partial charge on any atom is -0.469 e. The van der Waals surface area contributed by atoms with Gasteiger partial charge in [0.15, 0.2) is 6.29 Å². The van der Waals surface area contributed by atoms with Crippen molar-refractivity contribution in [1.29, 1.82) is 0 Å². The van der Waals surface area contributed by atoms with Crippen LogP contribution in [0, 0.1) is 0 Å². The average Bonchev–Trinajstić information content (AvgIpc) is 2.75. The summed E-state index contributed by atoms with van der Waals surface area (Å²) in [5, 5.41) is 32.1. The van der Waals surface area contributed by atoms with Gasteiger partial charge in [0.25, 0.3) is 0 Å². The Labute approximate surface area is 177 Å². The van der Waals surface area contributed by atoms with Gasteiger partial charge in [0, 0.05) is 13.0 Å². The molecule has 1 aliphatic heterocycles. The van der Waals surface area contributed by atoms with Gasteiger partial charge in [-0.2, -0.15) is 0 Å². The lowest BCUT2D eigenvalue weighted by Gasteiger charge is -2.42. The van der Waals surface area contributed by atoms with Crippen molar-refractivity contribution < 1.29 is 43.9 Å². The van der Waals surface area contributed by atoms with Crippen molar-refractivity contribution in [3.63, 3.8) is 0 Å². The highest BCUT2D eigenvalue weighted by molar-refractivity contribution is 5.69. The molecule has 1 rings (SSSR count). The van der Waals surface area contributed by atoms with E-state index < -0.39 is 43.3 Å². The number of methoxy groups -OCH3 is 1. The zero-order valence-electron chi connectivity index (χ0n) is 17.5. The van der Waals surface area contributed by atoms with Crippen LogP contribution >= 0.6 is 0 Å². The zero-order chi connectivity index (χ0) is 22.4. The lowest BCUT2D eigenvalue weighted by molar-refractivity contribution is -0.269. The van der Waals surface area contributed by atoms with E-state index in [1.54, 1.807) is 0 Å². The number of ether oxygens (including phenoxy) is 4. The third-order valence-corrected chi connectivity index (χ3v) is 4.78. The molecule has 0 aromatic rings. The Balaban J connectivity index is 2.38. The van der Waals surface area contributed by atoms with Crippen molar-refractivity contribution in [2.24, 2.45) is 0 Å². The normalized spacial score (nSPS) is 26.1. The topological polar surface area (TPSA) is 144 Å². The maximum Gasteiger partial charge on any atom is 0.407 e. The van der Waals surface area contributed by atoms with Gasteiger partial charge in [-0.05, 0) is 12.8 Å². The SMILES string of the molecule is C=CCOC(=O)NC1C(O)[C@@H](O)C(CO)O[C@H]1OCCCCCCCCC(=O)OC. The standard InChI is InChI=1S/C20H35NO9/c1-3-11-29-20(26)21-16-18(25)17(24)14(13-22)30-19(16)28-12-9-7-5-4-6-8-10-15(23)27-2/h3,14,16-19,22,24-25H,1,4-13H2,2H3,(H,21,26)/t14?,16?,17-,18?,19+/m0/s1. The number of carbonyl (C=O) groups is 2. The highest BCUT2D eigenvalue weighted by atomic mass is 16.7. The molecule has 0 aromatic carbocycles. The number of hydrogen-bond donors (Lipinski definition) is 4. The molecule has 3 unspecified atom stereocenters. The minimum atomic E-state index is -1.40. The predicted octanol–water partition coefficient (Wildman–Crippen LogP) is 0.626. The van der Waals surface area contributed by atoms with Crippen molar-refractivity contribution >= 4 is 12.1 Å². The average molecular weight is 433 g/mol. The van der Waals surface area contributed by atoms with Crippen molar-refractivity contribution in [3.8, 4) is 0 Å². The monoisotopic (exact) mass is 433 g/mol. The fourth-order valence-corrected chi connectivity index (χ4v) is 3.07. The van der Waals surface area contributed by atoms with Gasteiger partial charge in [0.2, 0.25) is 0 Å². The fraction of sp³-hybridized carbons (Fsp3) is 0.800. The first-order valence-corrected chi connectivity index (χ1v) is 10.3. The van der Waals surface area contributed by atoms with Crippen LogP contribution in [0.2, 0.25) is 0 Å². The maximum atomic E-state index is 11.8. The highest BCUT2D eigenvalue weighted by Crippen LogP contribution is 2.22. The van der Waals surface area contributed by atoms with Crippen LogP contribution < -0.4 is 5.32 Å². The molecule has 10 heteroatoms. The molecule has 4 N–H and O–H groups in total. The summed E-state index contributed by atoms with van der Waals surface area (Å²) < 4.78 is 20.6. The van der Waals surface area contributed by atoms with E-state index in [4.69, 9.17) is 14.2 Å². The van der Waals surface area contributed by atoms with Gasteiger partial charge in [-0.1, -0.05) is 38.3 Å². The molecule has 0 bridgehead atoms. The molecular weight excluding hydrogens is 398 g/mol. The summed E-state index contributed by atoms with van der Waals surface area (Å²) >= 11 is 0. The Bertz CT molecular complexity index is 517. The zero-order valence-corrected chi connectivity index (χ0v) is 17.5. The molecule has 1 aliphatic rings. The highest BCUT2D eigenvalue weighted by Gasteiger charge is 2.45. The largest absolute Gasteiger partial charge is 0.469 e. The molecule has 0 radical (unpaired) electrons. The molecule has 1 heterocycles. The molecule has 1 amide bonds. The lowest BCUT2D eigenvalue weighted by Crippen LogP contribution is -2.64. The molecule has 1 fully saturated rings. The quantitative estimate of drug-likeness (QED) is 0.176. The second-order valence-corrected chi connectivity index (χ2v) is 7.08. The van der Waals surface area contributed by atoms with E-state index in [-0.39, 0.29) is 12.6 Å². The Kier molecular flexibility index (Phi) is 13.3. The summed E-state index contributed by atoms with van der Waals surface area (Å²) in [5.74, 6) is -0.194. The number of nitrogens with one attached hydrogen (secondary N) is 1. The molecule has 0 aromatic heterocycles. The third kappa shape index (κ3) is 9.40. The number of carbonyl (C=O) groups excluding carboxylic acids is 2. The van der Waals surface area contributed by atoms with Gasteiger partial charge in [0.05, 0.1) is 13.7 Å². The number of esters is 1. The summed E-state index contributed by atoms with van der Waals surface area (Å²) in [5.41, 5.74) is 0. The van der Waals surface area contributed by atoms with Gasteiger partial charge in [-0.25, -0.2) is 4.79 Å². The molecule has 0 aliphatic carbocycles. The second-order valence-electron chi connectivity index (χ2n) is 7.08. The maximum absolute atomic E-state index is 11.8. The predicted molar refractivity (Wildman–Crippen MR) is 107 cm³/mol. The molecule has 1 saturated heterocycles. The van der Waals surface area contributed by atoms with E-state index in [0.717, 1.165) is 38.5 Å². The van der Waals surface area contributed by atoms with Gasteiger partial charge in [-0.3, -0.25) is 4.79 Å². The number of amides is 1. The van der Waals surface area contributed by atoms with E-state index in [1.165, 1.54) is 13.2 Å². The molecule has 0 saturated carbocycles. The number of rotatable bonds is 14. The summed E-state index contributed by atoms with van der Waals surface area (Å²) in [6.45, 7) is 3.24. The van der Waals surface area contributed by atoms with Crippen LogP contribution in [0.3, 0.4) is 0 Å². The number of aliphatic hydroxyl groups excluding tert-OH is 3. The number of hydrogen-bond acceptors (Lipinski definition) is 9. The van der Waals surface area contributed by atoms with Crippen LogP contribution in [-0.4, -0.2) is 85.0 Å². The fourth-order valence-electron chi connectivity index (χ4n) is 3.07. The van der Waals surface area contributed by atoms with E-state index in [9.17, 15) is 24.9 Å². The Morgan fingerprint density at radius 3 is 2.40 bits per heavy atom. The first kappa shape index (κ1) is 26.3. The first-order valence-electron chi connectivity index (χ1n) is 10.3. The lowest BCUT2D eigenvalue weighted by atomic mass is 9.97. The Morgan fingerprint density at radius 1 is 1.10 bits per heavy atom. The van der Waals surface area contributed by atoms with Crippen LogP contribution in [0.1, 0.15) is 44.9 Å². The summed E-state index contributed by atoms with van der Waals surface area (Å²) in [4.78, 5) is 22.9. The van der Waals surface area contributed by atoms with Crippen LogP contribution in [0.15, 0.2) is 12.7 Å². The third-order valence-electron chi connectivity index (χ3n) is 4.78. The van der Waals surface area contributed by atoms with Crippen LogP contribution in [0.4, 0.5) is 4.79 Å². The molecule has 174 valence electrons. The van der Waals surface area contributed by atoms with Crippen molar-refractivity contribution in [1.82, 2.24) is 5.32 Å². The van der Waals surface area contributed by atoms with E-state index in [2.05, 4.69) is 16.6 Å². The number of aliphatic hydroxyl groups is 3. The van der Waals surface area contributed by atoms with Crippen molar-refractivity contribution in [2.45, 2.75) is 75.6 Å². The Morgan fingerprint density at radius 2 is 1.77 bits per heavy atom. The van der Waals surface area contributed by atoms with Crippen molar-refractivity contribution in [2.75, 3.05) is 26.9 Å². The van der Waals surface area contributed by atoms with Crippen molar-refractivity contribution in [3.05, 3.63) is 12.7 Å². The molecule has 10 nitrogen and oxygen atoms in total. The molecular formula is C20H35NO9. The Hall–Kier alpha value is -1.72. The second kappa shape index (κ2) is 15.1. The van der Waals surface area contributed by atoms with Crippen LogP contribution in [-0.2, 0) is 23.7 Å². The number of alkyl carbamates (subject to hydrolysis) is 1. The van der Waals surface area contributed by atoms with Gasteiger partial charge in [-0.15, -0.1) is 0 Å². The van der Waals surface area contributed by atoms with Crippen LogP contribution in [0.25, 0.3) is 0 Å². The van der Waals surface area contributed by atoms with Crippen LogP contribution in [0.5, 0.6) is 0 Å². The van der Waals surface area contributed by atoms with Gasteiger partial charge in [0.1, 0.15) is 31.0 Å². The first-order chi connectivity index (χ1) is 14.4. The smallest absolute Gasteiger partial charge is 0.407 e. The summed E-state index contributed by atoms with van der Waals surface area (Å²) in [6.07, 6.45) is 1.52. The minimum absolute atomic E-state index is 0.0114. The summed E-state index contributed by atoms with van der Waals surface area (Å²) in [7, 11) is 1.38. The van der Waals surface area contributed by atoms with Gasteiger partial charge >= 0.3 is 12.1 Å². The molecule has 0 spiro atoms. The van der Waals surface area contributed by atoms with E-state index in [0.29, 0.717) is 13.0 Å². The van der Waals surface area contributed by atoms with E-state index >= 15 is 0 Å². The van der Waals surface area contributed by atoms with Gasteiger partial charge < -0.3 is 39.6 Å². The van der Waals surface area contributed by atoms with E-state index in [1.807, 2.05) is 0 Å².